The number of carbonyl (C=O) groups is 3. The second kappa shape index (κ2) is 10.1. The van der Waals surface area contributed by atoms with Crippen molar-refractivity contribution in [2.45, 2.75) is 13.8 Å². The molecule has 0 spiro atoms. The second-order valence-corrected chi connectivity index (χ2v) is 7.18. The van der Waals surface area contributed by atoms with E-state index in [1.165, 1.54) is 11.1 Å². The van der Waals surface area contributed by atoms with Gasteiger partial charge in [-0.15, -0.1) is 0 Å². The lowest BCUT2D eigenvalue weighted by atomic mass is 10.1. The van der Waals surface area contributed by atoms with Crippen LogP contribution in [0.15, 0.2) is 52.5 Å². The number of para-hydroxylation sites is 1. The summed E-state index contributed by atoms with van der Waals surface area (Å²) >= 11 is 3.42. The first-order valence-electron chi connectivity index (χ1n) is 9.61. The van der Waals surface area contributed by atoms with E-state index < -0.39 is 17.8 Å². The second-order valence-electron chi connectivity index (χ2n) is 6.32. The maximum Gasteiger partial charge on any atom is 0.344 e. The third-order valence-electron chi connectivity index (χ3n) is 4.22. The van der Waals surface area contributed by atoms with E-state index in [1.807, 2.05) is 6.07 Å². The van der Waals surface area contributed by atoms with Gasteiger partial charge in [0, 0.05) is 4.47 Å². The highest BCUT2D eigenvalue weighted by atomic mass is 79.9. The van der Waals surface area contributed by atoms with Gasteiger partial charge in [0.25, 0.3) is 11.8 Å². The molecule has 0 atom stereocenters. The molecule has 2 aromatic carbocycles. The van der Waals surface area contributed by atoms with Crippen molar-refractivity contribution < 1.29 is 28.6 Å². The van der Waals surface area contributed by atoms with Crippen LogP contribution in [-0.2, 0) is 19.1 Å². The zero-order valence-electron chi connectivity index (χ0n) is 17.0. The van der Waals surface area contributed by atoms with Gasteiger partial charge in [0.1, 0.15) is 5.57 Å². The summed E-state index contributed by atoms with van der Waals surface area (Å²) in [6.45, 7) is 3.86. The number of esters is 1. The van der Waals surface area contributed by atoms with Crippen molar-refractivity contribution in [3.8, 4) is 11.5 Å². The maximum absolute atomic E-state index is 12.8. The lowest BCUT2D eigenvalue weighted by Crippen LogP contribution is -2.35. The number of nitrogens with one attached hydrogen (secondary N) is 1. The summed E-state index contributed by atoms with van der Waals surface area (Å²) in [6.07, 6.45) is 1.47. The zero-order valence-corrected chi connectivity index (χ0v) is 18.6. The van der Waals surface area contributed by atoms with E-state index in [4.69, 9.17) is 14.2 Å². The SMILES string of the molecule is CCOC(=O)COc1cc(Br)c(C=C2C(=O)NN(c3ccccc3)C2=O)cc1OCC. The van der Waals surface area contributed by atoms with Crippen LogP contribution >= 0.6 is 15.9 Å². The third-order valence-corrected chi connectivity index (χ3v) is 4.91. The van der Waals surface area contributed by atoms with Gasteiger partial charge in [0.15, 0.2) is 18.1 Å². The summed E-state index contributed by atoms with van der Waals surface area (Å²) in [5, 5.41) is 1.20. The Morgan fingerprint density at radius 3 is 2.45 bits per heavy atom. The fourth-order valence-electron chi connectivity index (χ4n) is 2.85. The van der Waals surface area contributed by atoms with E-state index in [0.29, 0.717) is 33.8 Å². The minimum atomic E-state index is -0.513. The summed E-state index contributed by atoms with van der Waals surface area (Å²) in [5.41, 5.74) is 3.64. The Kier molecular flexibility index (Phi) is 7.30. The predicted molar refractivity (Wildman–Crippen MR) is 117 cm³/mol. The zero-order chi connectivity index (χ0) is 22.4. The van der Waals surface area contributed by atoms with Crippen LogP contribution < -0.4 is 19.9 Å². The molecule has 2 aromatic rings. The maximum atomic E-state index is 12.8. The van der Waals surface area contributed by atoms with Crippen molar-refractivity contribution in [2.75, 3.05) is 24.8 Å². The minimum Gasteiger partial charge on any atom is -0.490 e. The lowest BCUT2D eigenvalue weighted by Gasteiger charge is -2.14. The average molecular weight is 489 g/mol. The van der Waals surface area contributed by atoms with E-state index in [9.17, 15) is 14.4 Å². The number of ether oxygens (including phenoxy) is 3. The van der Waals surface area contributed by atoms with Gasteiger partial charge in [-0.25, -0.2) is 9.80 Å². The van der Waals surface area contributed by atoms with E-state index in [0.717, 1.165) is 0 Å². The van der Waals surface area contributed by atoms with Crippen LogP contribution in [0.1, 0.15) is 19.4 Å². The Bertz CT molecular complexity index is 1020. The fraction of sp³-hybridized carbons (Fsp3) is 0.227. The van der Waals surface area contributed by atoms with E-state index >= 15 is 0 Å². The molecule has 0 unspecified atom stereocenters. The normalized spacial score (nSPS) is 14.5. The molecule has 0 radical (unpaired) electrons. The van der Waals surface area contributed by atoms with Gasteiger partial charge in [-0.3, -0.25) is 15.0 Å². The monoisotopic (exact) mass is 488 g/mol. The fourth-order valence-corrected chi connectivity index (χ4v) is 3.29. The van der Waals surface area contributed by atoms with Crippen molar-refractivity contribution in [1.82, 2.24) is 5.43 Å². The van der Waals surface area contributed by atoms with Crippen molar-refractivity contribution in [1.29, 1.82) is 0 Å². The molecule has 8 nitrogen and oxygen atoms in total. The number of amides is 2. The van der Waals surface area contributed by atoms with Crippen LogP contribution in [-0.4, -0.2) is 37.6 Å². The topological polar surface area (TPSA) is 94.2 Å². The van der Waals surface area contributed by atoms with Gasteiger partial charge in [-0.05, 0) is 49.8 Å². The highest BCUT2D eigenvalue weighted by Gasteiger charge is 2.34. The van der Waals surface area contributed by atoms with Gasteiger partial charge in [-0.2, -0.15) is 0 Å². The molecule has 0 aromatic heterocycles. The number of hydrazine groups is 1. The number of nitrogens with zero attached hydrogens (tertiary/aromatic N) is 1. The standard InChI is InChI=1S/C22H21BrN2O6/c1-3-29-18-11-14(17(23)12-19(18)31-13-20(26)30-4-2)10-16-21(27)24-25(22(16)28)15-8-6-5-7-9-15/h5-12H,3-4,13H2,1-2H3,(H,24,27). The number of rotatable bonds is 8. The molecule has 1 heterocycles. The molecule has 0 aliphatic carbocycles. The molecule has 9 heteroatoms. The van der Waals surface area contributed by atoms with Crippen molar-refractivity contribution in [2.24, 2.45) is 0 Å². The molecule has 31 heavy (non-hydrogen) atoms. The van der Waals surface area contributed by atoms with Gasteiger partial charge in [0.2, 0.25) is 0 Å². The van der Waals surface area contributed by atoms with Crippen LogP contribution in [0.5, 0.6) is 11.5 Å². The van der Waals surface area contributed by atoms with Crippen LogP contribution in [0.4, 0.5) is 5.69 Å². The first-order chi connectivity index (χ1) is 14.9. The van der Waals surface area contributed by atoms with Crippen LogP contribution in [0.2, 0.25) is 0 Å². The first kappa shape index (κ1) is 22.4. The summed E-state index contributed by atoms with van der Waals surface area (Å²) in [7, 11) is 0. The molecule has 2 amide bonds. The third kappa shape index (κ3) is 5.24. The molecule has 0 saturated carbocycles. The largest absolute Gasteiger partial charge is 0.490 e. The number of carbonyl (C=O) groups excluding carboxylic acids is 3. The quantitative estimate of drug-likeness (QED) is 0.348. The Hall–Kier alpha value is -3.33. The Balaban J connectivity index is 1.89. The summed E-state index contributed by atoms with van der Waals surface area (Å²) in [6, 6.07) is 12.1. The van der Waals surface area contributed by atoms with Crippen molar-refractivity contribution in [3.05, 3.63) is 58.1 Å². The molecular formula is C22H21BrN2O6. The Morgan fingerprint density at radius 2 is 1.77 bits per heavy atom. The van der Waals surface area contributed by atoms with Crippen molar-refractivity contribution >= 4 is 45.5 Å². The Morgan fingerprint density at radius 1 is 1.06 bits per heavy atom. The molecule has 1 fully saturated rings. The highest BCUT2D eigenvalue weighted by Crippen LogP contribution is 2.35. The molecule has 0 bridgehead atoms. The number of halogens is 1. The Labute approximate surface area is 187 Å². The molecule has 1 saturated heterocycles. The number of benzene rings is 2. The molecule has 1 aliphatic rings. The van der Waals surface area contributed by atoms with Crippen molar-refractivity contribution in [3.63, 3.8) is 0 Å². The number of anilines is 1. The summed E-state index contributed by atoms with van der Waals surface area (Å²) in [5.74, 6) is -0.781. The highest BCUT2D eigenvalue weighted by molar-refractivity contribution is 9.10. The van der Waals surface area contributed by atoms with Gasteiger partial charge in [-0.1, -0.05) is 34.1 Å². The smallest absolute Gasteiger partial charge is 0.344 e. The molecular weight excluding hydrogens is 468 g/mol. The van der Waals surface area contributed by atoms with Crippen LogP contribution in [0.3, 0.4) is 0 Å². The number of hydrogen-bond donors (Lipinski definition) is 1. The van der Waals surface area contributed by atoms with Crippen LogP contribution in [0, 0.1) is 0 Å². The molecule has 3 rings (SSSR count). The van der Waals surface area contributed by atoms with Gasteiger partial charge < -0.3 is 14.2 Å². The molecule has 162 valence electrons. The molecule has 1 aliphatic heterocycles. The first-order valence-corrected chi connectivity index (χ1v) is 10.4. The van der Waals surface area contributed by atoms with E-state index in [2.05, 4.69) is 21.4 Å². The van der Waals surface area contributed by atoms with Gasteiger partial charge in [0.05, 0.1) is 18.9 Å². The minimum absolute atomic E-state index is 0.0211. The summed E-state index contributed by atoms with van der Waals surface area (Å²) < 4.78 is 16.6. The number of hydrogen-bond acceptors (Lipinski definition) is 6. The lowest BCUT2D eigenvalue weighted by molar-refractivity contribution is -0.145. The van der Waals surface area contributed by atoms with E-state index in [-0.39, 0.29) is 18.8 Å². The van der Waals surface area contributed by atoms with E-state index in [1.54, 1.807) is 50.2 Å². The average Bonchev–Trinajstić information content (AvgIpc) is 3.04. The summed E-state index contributed by atoms with van der Waals surface area (Å²) in [4.78, 5) is 36.8. The van der Waals surface area contributed by atoms with Gasteiger partial charge >= 0.3 is 5.97 Å². The van der Waals surface area contributed by atoms with Crippen LogP contribution in [0.25, 0.3) is 6.08 Å². The molecule has 1 N–H and O–H groups in total. The predicted octanol–water partition coefficient (Wildman–Crippen LogP) is 3.25.